The molecule has 1 saturated heterocycles. The molecule has 3 atom stereocenters. The summed E-state index contributed by atoms with van der Waals surface area (Å²) < 4.78 is 11.5. The summed E-state index contributed by atoms with van der Waals surface area (Å²) in [5.74, 6) is 1.43. The first-order valence-corrected chi connectivity index (χ1v) is 7.02. The van der Waals surface area contributed by atoms with Crippen molar-refractivity contribution in [3.05, 3.63) is 28.2 Å². The van der Waals surface area contributed by atoms with E-state index in [0.717, 1.165) is 35.4 Å². The summed E-state index contributed by atoms with van der Waals surface area (Å²) in [6.45, 7) is 3.61. The smallest absolute Gasteiger partial charge is 0.133 e. The van der Waals surface area contributed by atoms with E-state index in [1.54, 1.807) is 7.11 Å². The maximum absolute atomic E-state index is 10.5. The quantitative estimate of drug-likeness (QED) is 0.931. The maximum Gasteiger partial charge on any atom is 0.133 e. The molecule has 1 aromatic rings. The van der Waals surface area contributed by atoms with Crippen molar-refractivity contribution in [2.45, 2.75) is 19.4 Å². The van der Waals surface area contributed by atoms with Crippen LogP contribution in [0.2, 0.25) is 0 Å². The molecule has 0 spiro atoms. The second-order valence-corrected chi connectivity index (χ2v) is 5.70. The van der Waals surface area contributed by atoms with Crippen LogP contribution in [0.4, 0.5) is 0 Å². The Kier molecular flexibility index (Phi) is 4.65. The van der Waals surface area contributed by atoms with Crippen LogP contribution < -0.4 is 4.74 Å². The first-order chi connectivity index (χ1) is 8.63. The number of halogens is 1. The zero-order chi connectivity index (χ0) is 13.1. The topological polar surface area (TPSA) is 38.7 Å². The van der Waals surface area contributed by atoms with Crippen molar-refractivity contribution in [1.82, 2.24) is 0 Å². The summed E-state index contributed by atoms with van der Waals surface area (Å²) in [4.78, 5) is 0. The lowest BCUT2D eigenvalue weighted by molar-refractivity contribution is -0.0310. The maximum atomic E-state index is 10.5. The van der Waals surface area contributed by atoms with Gasteiger partial charge in [-0.15, -0.1) is 0 Å². The fraction of sp³-hybridized carbons (Fsp3) is 0.571. The molecule has 0 saturated carbocycles. The van der Waals surface area contributed by atoms with Crippen molar-refractivity contribution in [2.24, 2.45) is 11.8 Å². The second kappa shape index (κ2) is 6.04. The lowest BCUT2D eigenvalue weighted by atomic mass is 9.82. The summed E-state index contributed by atoms with van der Waals surface area (Å²) in [6.07, 6.45) is 0.470. The third-order valence-electron chi connectivity index (χ3n) is 3.63. The molecule has 3 unspecified atom stereocenters. The molecular formula is C14H19BrO3. The monoisotopic (exact) mass is 314 g/mol. The minimum atomic E-state index is -0.439. The molecule has 100 valence electrons. The Bertz CT molecular complexity index is 408. The van der Waals surface area contributed by atoms with Gasteiger partial charge in [0.05, 0.1) is 17.7 Å². The average Bonchev–Trinajstić information content (AvgIpc) is 2.38. The highest BCUT2D eigenvalue weighted by Gasteiger charge is 2.29. The number of hydrogen-bond acceptors (Lipinski definition) is 3. The molecule has 18 heavy (non-hydrogen) atoms. The normalized spacial score (nSPS) is 25.8. The Hall–Kier alpha value is -0.580. The van der Waals surface area contributed by atoms with E-state index < -0.39 is 6.10 Å². The Labute approximate surface area is 116 Å². The van der Waals surface area contributed by atoms with Crippen LogP contribution >= 0.6 is 15.9 Å². The molecule has 0 bridgehead atoms. The number of aliphatic hydroxyl groups is 1. The van der Waals surface area contributed by atoms with Gasteiger partial charge in [0, 0.05) is 13.2 Å². The van der Waals surface area contributed by atoms with Gasteiger partial charge in [-0.05, 0) is 51.9 Å². The van der Waals surface area contributed by atoms with Gasteiger partial charge in [-0.1, -0.05) is 13.0 Å². The van der Waals surface area contributed by atoms with E-state index in [1.807, 2.05) is 18.2 Å². The predicted molar refractivity (Wildman–Crippen MR) is 73.7 cm³/mol. The number of rotatable bonds is 3. The number of benzene rings is 1. The average molecular weight is 315 g/mol. The van der Waals surface area contributed by atoms with Gasteiger partial charge in [0.25, 0.3) is 0 Å². The molecule has 0 radical (unpaired) electrons. The summed E-state index contributed by atoms with van der Waals surface area (Å²) in [5.41, 5.74) is 0.932. The number of hydrogen-bond donors (Lipinski definition) is 1. The van der Waals surface area contributed by atoms with E-state index in [2.05, 4.69) is 22.9 Å². The van der Waals surface area contributed by atoms with Crippen LogP contribution in [0.1, 0.15) is 25.0 Å². The van der Waals surface area contributed by atoms with E-state index in [9.17, 15) is 5.11 Å². The van der Waals surface area contributed by atoms with Crippen molar-refractivity contribution < 1.29 is 14.6 Å². The molecule has 4 heteroatoms. The lowest BCUT2D eigenvalue weighted by Crippen LogP contribution is -2.30. The van der Waals surface area contributed by atoms with E-state index in [4.69, 9.17) is 9.47 Å². The molecular weight excluding hydrogens is 296 g/mol. The zero-order valence-electron chi connectivity index (χ0n) is 10.7. The van der Waals surface area contributed by atoms with Crippen molar-refractivity contribution in [3.8, 4) is 5.75 Å². The van der Waals surface area contributed by atoms with Crippen LogP contribution in [0.3, 0.4) is 0 Å². The van der Waals surface area contributed by atoms with Gasteiger partial charge in [-0.25, -0.2) is 0 Å². The van der Waals surface area contributed by atoms with Gasteiger partial charge in [-0.2, -0.15) is 0 Å². The summed E-state index contributed by atoms with van der Waals surface area (Å²) in [7, 11) is 1.64. The van der Waals surface area contributed by atoms with Crippen LogP contribution in [0.15, 0.2) is 22.7 Å². The van der Waals surface area contributed by atoms with Gasteiger partial charge in [0.1, 0.15) is 5.75 Å². The van der Waals surface area contributed by atoms with Crippen LogP contribution in [-0.2, 0) is 4.74 Å². The third kappa shape index (κ3) is 2.87. The largest absolute Gasteiger partial charge is 0.496 e. The lowest BCUT2D eigenvalue weighted by Gasteiger charge is -2.32. The third-order valence-corrected chi connectivity index (χ3v) is 4.25. The van der Waals surface area contributed by atoms with E-state index in [0.29, 0.717) is 5.92 Å². The van der Waals surface area contributed by atoms with Crippen molar-refractivity contribution in [3.63, 3.8) is 0 Å². The Morgan fingerprint density at radius 2 is 2.28 bits per heavy atom. The molecule has 1 aromatic carbocycles. The molecule has 3 nitrogen and oxygen atoms in total. The van der Waals surface area contributed by atoms with E-state index in [1.165, 1.54) is 0 Å². The van der Waals surface area contributed by atoms with Crippen LogP contribution in [0, 0.1) is 11.8 Å². The molecule has 1 aliphatic heterocycles. The minimum absolute atomic E-state index is 0.263. The van der Waals surface area contributed by atoms with Gasteiger partial charge < -0.3 is 14.6 Å². The second-order valence-electron chi connectivity index (χ2n) is 4.84. The Balaban J connectivity index is 2.17. The Morgan fingerprint density at radius 1 is 1.50 bits per heavy atom. The number of methoxy groups -OCH3 is 1. The van der Waals surface area contributed by atoms with Crippen LogP contribution in [0.25, 0.3) is 0 Å². The SMILES string of the molecule is COc1ccc(C(O)C2CCOCC2C)cc1Br. The molecule has 1 fully saturated rings. The fourth-order valence-corrected chi connectivity index (χ4v) is 3.04. The highest BCUT2D eigenvalue weighted by Crippen LogP contribution is 2.36. The molecule has 0 aliphatic carbocycles. The summed E-state index contributed by atoms with van der Waals surface area (Å²) in [5, 5.41) is 10.5. The predicted octanol–water partition coefficient (Wildman–Crippen LogP) is 3.16. The molecule has 1 aliphatic rings. The Morgan fingerprint density at radius 3 is 2.89 bits per heavy atom. The first-order valence-electron chi connectivity index (χ1n) is 6.22. The molecule has 2 rings (SSSR count). The molecule has 1 N–H and O–H groups in total. The van der Waals surface area contributed by atoms with Crippen molar-refractivity contribution in [1.29, 1.82) is 0 Å². The van der Waals surface area contributed by atoms with E-state index in [-0.39, 0.29) is 5.92 Å². The van der Waals surface area contributed by atoms with Gasteiger partial charge >= 0.3 is 0 Å². The number of aliphatic hydroxyl groups excluding tert-OH is 1. The van der Waals surface area contributed by atoms with Crippen molar-refractivity contribution in [2.75, 3.05) is 20.3 Å². The summed E-state index contributed by atoms with van der Waals surface area (Å²) >= 11 is 3.45. The standard InChI is InChI=1S/C14H19BrO3/c1-9-8-18-6-5-11(9)14(16)10-3-4-13(17-2)12(15)7-10/h3-4,7,9,11,14,16H,5-6,8H2,1-2H3. The van der Waals surface area contributed by atoms with Crippen LogP contribution in [0.5, 0.6) is 5.75 Å². The fourth-order valence-electron chi connectivity index (χ4n) is 2.48. The minimum Gasteiger partial charge on any atom is -0.496 e. The summed E-state index contributed by atoms with van der Waals surface area (Å²) in [6, 6.07) is 5.74. The first kappa shape index (κ1) is 13.8. The van der Waals surface area contributed by atoms with Crippen molar-refractivity contribution >= 4 is 15.9 Å². The molecule has 1 heterocycles. The molecule has 0 aromatic heterocycles. The zero-order valence-corrected chi connectivity index (χ0v) is 12.3. The van der Waals surface area contributed by atoms with Gasteiger partial charge in [0.15, 0.2) is 0 Å². The van der Waals surface area contributed by atoms with Gasteiger partial charge in [0.2, 0.25) is 0 Å². The highest BCUT2D eigenvalue weighted by atomic mass is 79.9. The van der Waals surface area contributed by atoms with E-state index >= 15 is 0 Å². The molecule has 0 amide bonds. The van der Waals surface area contributed by atoms with Crippen LogP contribution in [-0.4, -0.2) is 25.4 Å². The highest BCUT2D eigenvalue weighted by molar-refractivity contribution is 9.10. The van der Waals surface area contributed by atoms with Gasteiger partial charge in [-0.3, -0.25) is 0 Å². The number of ether oxygens (including phenoxy) is 2.